The minimum Gasteiger partial charge on any atom is -0.338 e. The van der Waals surface area contributed by atoms with E-state index in [9.17, 15) is 17.6 Å². The van der Waals surface area contributed by atoms with Gasteiger partial charge in [-0.1, -0.05) is 61.7 Å². The second-order valence-corrected chi connectivity index (χ2v) is 10.6. The normalized spacial score (nSPS) is 29.0. The van der Waals surface area contributed by atoms with Crippen molar-refractivity contribution in [3.63, 3.8) is 0 Å². The minimum atomic E-state index is -4.48. The number of fused-ring (bicyclic) bond motifs is 1. The first-order valence-corrected chi connectivity index (χ1v) is 12.7. The van der Waals surface area contributed by atoms with Crippen LogP contribution in [0.25, 0.3) is 0 Å². The highest BCUT2D eigenvalue weighted by atomic mass is 35.7. The summed E-state index contributed by atoms with van der Waals surface area (Å²) in [7, 11) is 1.31. The number of carbonyl (C=O) groups is 1. The summed E-state index contributed by atoms with van der Waals surface area (Å²) < 4.78 is 45.9. The summed E-state index contributed by atoms with van der Waals surface area (Å²) in [6.07, 6.45) is 4.08. The third kappa shape index (κ3) is 3.15. The van der Waals surface area contributed by atoms with Crippen molar-refractivity contribution in [3.05, 3.63) is 71.5 Å². The van der Waals surface area contributed by atoms with Gasteiger partial charge in [0.25, 0.3) is 0 Å². The van der Waals surface area contributed by atoms with E-state index in [4.69, 9.17) is 15.4 Å². The van der Waals surface area contributed by atoms with Crippen LogP contribution in [0.4, 0.5) is 9.18 Å². The molecule has 2 heterocycles. The Balaban J connectivity index is 1.68. The maximum atomic E-state index is 13.7. The zero-order valence-electron chi connectivity index (χ0n) is 16.7. The molecule has 0 aromatic heterocycles. The predicted octanol–water partition coefficient (Wildman–Crippen LogP) is 4.67. The van der Waals surface area contributed by atoms with Crippen molar-refractivity contribution < 1.29 is 22.3 Å². The molecule has 0 spiro atoms. The first kappa shape index (κ1) is 20.7. The van der Waals surface area contributed by atoms with E-state index < -0.39 is 39.0 Å². The van der Waals surface area contributed by atoms with Crippen molar-refractivity contribution in [1.82, 2.24) is 9.21 Å². The lowest BCUT2D eigenvalue weighted by Crippen LogP contribution is -2.64. The molecule has 164 valence electrons. The summed E-state index contributed by atoms with van der Waals surface area (Å²) in [6.45, 7) is 0. The van der Waals surface area contributed by atoms with Crippen LogP contribution >= 0.6 is 10.7 Å². The standard InChI is InChI=1S/C22H22ClFN2O4S/c23-31(28,29)26-21(27)25(18-9-5-2-6-10-18)20-19(15-7-3-1-4-8-15)30-22(20,26)16-11-13-17(24)14-12-16/h1,3-4,7-8,11-14,18-20H,2,5-6,9-10H2. The van der Waals surface area contributed by atoms with Crippen LogP contribution in [0, 0.1) is 5.82 Å². The van der Waals surface area contributed by atoms with Crippen LogP contribution in [0.1, 0.15) is 49.3 Å². The molecule has 2 aromatic carbocycles. The van der Waals surface area contributed by atoms with Gasteiger partial charge in [-0.15, -0.1) is 0 Å². The van der Waals surface area contributed by atoms with Crippen molar-refractivity contribution in [2.24, 2.45) is 0 Å². The topological polar surface area (TPSA) is 66.9 Å². The third-order valence-electron chi connectivity index (χ3n) is 6.56. The molecular formula is C22H22ClFN2O4S. The Hall–Kier alpha value is -2.16. The van der Waals surface area contributed by atoms with Gasteiger partial charge < -0.3 is 9.64 Å². The molecule has 3 aliphatic rings. The van der Waals surface area contributed by atoms with Crippen LogP contribution in [-0.2, 0) is 19.7 Å². The number of hydrogen-bond acceptors (Lipinski definition) is 4. The van der Waals surface area contributed by atoms with E-state index in [2.05, 4.69) is 0 Å². The van der Waals surface area contributed by atoms with E-state index in [1.807, 2.05) is 30.3 Å². The summed E-state index contributed by atoms with van der Waals surface area (Å²) in [6, 6.07) is 13.4. The highest BCUT2D eigenvalue weighted by Gasteiger charge is 2.74. The van der Waals surface area contributed by atoms with Gasteiger partial charge in [0, 0.05) is 22.3 Å². The molecule has 1 saturated carbocycles. The van der Waals surface area contributed by atoms with Crippen molar-refractivity contribution in [2.75, 3.05) is 0 Å². The molecule has 0 radical (unpaired) electrons. The van der Waals surface area contributed by atoms with Crippen LogP contribution in [0.5, 0.6) is 0 Å². The number of halogens is 2. The molecule has 1 aliphatic carbocycles. The Bertz CT molecular complexity index is 1090. The molecule has 2 aromatic rings. The number of hydrogen-bond donors (Lipinski definition) is 0. The average molecular weight is 465 g/mol. The molecule has 9 heteroatoms. The maximum Gasteiger partial charge on any atom is 0.338 e. The number of ether oxygens (including phenoxy) is 1. The van der Waals surface area contributed by atoms with E-state index in [0.29, 0.717) is 9.87 Å². The van der Waals surface area contributed by atoms with Crippen molar-refractivity contribution in [3.8, 4) is 0 Å². The quantitative estimate of drug-likeness (QED) is 0.616. The Morgan fingerprint density at radius 2 is 1.65 bits per heavy atom. The highest BCUT2D eigenvalue weighted by Crippen LogP contribution is 2.60. The summed E-state index contributed by atoms with van der Waals surface area (Å²) in [5.41, 5.74) is -0.418. The van der Waals surface area contributed by atoms with E-state index in [-0.39, 0.29) is 6.04 Å². The van der Waals surface area contributed by atoms with Gasteiger partial charge >= 0.3 is 15.3 Å². The molecule has 2 amide bonds. The Morgan fingerprint density at radius 3 is 2.26 bits per heavy atom. The molecule has 0 bridgehead atoms. The number of urea groups is 1. The van der Waals surface area contributed by atoms with Crippen LogP contribution in [-0.4, -0.2) is 35.7 Å². The molecule has 31 heavy (non-hydrogen) atoms. The molecule has 2 aliphatic heterocycles. The van der Waals surface area contributed by atoms with Crippen molar-refractivity contribution >= 4 is 26.0 Å². The van der Waals surface area contributed by atoms with Gasteiger partial charge in [-0.2, -0.15) is 12.7 Å². The van der Waals surface area contributed by atoms with Gasteiger partial charge in [-0.3, -0.25) is 0 Å². The Morgan fingerprint density at radius 1 is 1.00 bits per heavy atom. The summed E-state index contributed by atoms with van der Waals surface area (Å²) in [5.74, 6) is -0.468. The summed E-state index contributed by atoms with van der Waals surface area (Å²) in [4.78, 5) is 15.2. The van der Waals surface area contributed by atoms with Gasteiger partial charge in [-0.05, 0) is 30.5 Å². The SMILES string of the molecule is O=C1N(C2CCCCC2)C2C(c3ccccc3)OC2(c2ccc(F)cc2)N1S(=O)(=O)Cl. The fourth-order valence-electron chi connectivity index (χ4n) is 5.26. The molecule has 5 rings (SSSR count). The Kier molecular flexibility index (Phi) is 4.99. The zero-order chi connectivity index (χ0) is 21.8. The minimum absolute atomic E-state index is 0.107. The van der Waals surface area contributed by atoms with Crippen LogP contribution in [0.2, 0.25) is 0 Å². The molecule has 0 N–H and O–H groups in total. The number of nitrogens with zero attached hydrogens (tertiary/aromatic N) is 2. The third-order valence-corrected chi connectivity index (χ3v) is 7.84. The fraction of sp³-hybridized carbons (Fsp3) is 0.409. The van der Waals surface area contributed by atoms with Crippen molar-refractivity contribution in [2.45, 2.75) is 56.0 Å². The van der Waals surface area contributed by atoms with Gasteiger partial charge in [0.05, 0.1) is 0 Å². The Labute approximate surface area is 185 Å². The second-order valence-electron chi connectivity index (χ2n) is 8.29. The van der Waals surface area contributed by atoms with Crippen LogP contribution < -0.4 is 0 Å². The van der Waals surface area contributed by atoms with Gasteiger partial charge in [0.2, 0.25) is 5.72 Å². The lowest BCUT2D eigenvalue weighted by Gasteiger charge is -2.54. The molecular weight excluding hydrogens is 443 g/mol. The average Bonchev–Trinajstić information content (AvgIpc) is 2.95. The zero-order valence-corrected chi connectivity index (χ0v) is 18.2. The lowest BCUT2D eigenvalue weighted by atomic mass is 9.80. The number of benzene rings is 2. The van der Waals surface area contributed by atoms with E-state index in [1.165, 1.54) is 24.3 Å². The lowest BCUT2D eigenvalue weighted by molar-refractivity contribution is -0.284. The van der Waals surface area contributed by atoms with Crippen molar-refractivity contribution in [1.29, 1.82) is 0 Å². The number of carbonyl (C=O) groups excluding carboxylic acids is 1. The number of rotatable bonds is 4. The predicted molar refractivity (Wildman–Crippen MR) is 113 cm³/mol. The monoisotopic (exact) mass is 464 g/mol. The first-order valence-electron chi connectivity index (χ1n) is 10.4. The van der Waals surface area contributed by atoms with E-state index >= 15 is 0 Å². The summed E-state index contributed by atoms with van der Waals surface area (Å²) >= 11 is 0. The van der Waals surface area contributed by atoms with Gasteiger partial charge in [0.15, 0.2) is 0 Å². The second kappa shape index (κ2) is 7.46. The maximum absolute atomic E-state index is 13.7. The molecule has 3 unspecified atom stereocenters. The van der Waals surface area contributed by atoms with Gasteiger partial charge in [-0.25, -0.2) is 9.18 Å². The molecule has 3 fully saturated rings. The van der Waals surface area contributed by atoms with Gasteiger partial charge in [0.1, 0.15) is 18.0 Å². The van der Waals surface area contributed by atoms with Crippen LogP contribution in [0.3, 0.4) is 0 Å². The largest absolute Gasteiger partial charge is 0.338 e. The molecule has 3 atom stereocenters. The number of amides is 2. The first-order chi connectivity index (χ1) is 14.8. The molecule has 6 nitrogen and oxygen atoms in total. The summed E-state index contributed by atoms with van der Waals surface area (Å²) in [5, 5.41) is 0. The van der Waals surface area contributed by atoms with Crippen LogP contribution in [0.15, 0.2) is 54.6 Å². The smallest absolute Gasteiger partial charge is 0.338 e. The fourth-order valence-corrected chi connectivity index (χ4v) is 6.61. The highest BCUT2D eigenvalue weighted by molar-refractivity contribution is 8.12. The molecule has 2 saturated heterocycles. The van der Waals surface area contributed by atoms with E-state index in [1.54, 1.807) is 4.90 Å². The van der Waals surface area contributed by atoms with E-state index in [0.717, 1.165) is 37.7 Å².